The predicted molar refractivity (Wildman–Crippen MR) is 434 cm³/mol. The van der Waals surface area contributed by atoms with Crippen LogP contribution in [0.15, 0.2) is 334 Å². The van der Waals surface area contributed by atoms with Gasteiger partial charge in [-0.25, -0.2) is 0 Å². The highest BCUT2D eigenvalue weighted by molar-refractivity contribution is 7.26. The molecule has 0 atom stereocenters. The molecular weight excluding hydrogens is 1280 g/mol. The van der Waals surface area contributed by atoms with Crippen LogP contribution in [0, 0.1) is 0 Å². The molecule has 0 aliphatic carbocycles. The molecule has 0 radical (unpaired) electrons. The van der Waals surface area contributed by atoms with E-state index in [0.717, 1.165) is 108 Å². The van der Waals surface area contributed by atoms with Crippen molar-refractivity contribution in [1.82, 2.24) is 0 Å². The van der Waals surface area contributed by atoms with Crippen LogP contribution in [0.4, 0.5) is 85.3 Å². The Morgan fingerprint density at radius 1 is 0.228 bits per heavy atom. The van der Waals surface area contributed by atoms with Crippen LogP contribution >= 0.6 is 34.0 Å². The quantitative estimate of drug-likeness (QED) is 0.134. The second kappa shape index (κ2) is 22.2. The van der Waals surface area contributed by atoms with Crippen LogP contribution in [-0.2, 0) is 0 Å². The summed E-state index contributed by atoms with van der Waals surface area (Å²) in [5.74, 6) is 1.69. The maximum atomic E-state index is 7.48. The fourth-order valence-corrected chi connectivity index (χ4v) is 20.6. The summed E-state index contributed by atoms with van der Waals surface area (Å²) < 4.78 is 15.0. The van der Waals surface area contributed by atoms with Crippen LogP contribution in [0.3, 0.4) is 0 Å². The molecule has 18 aromatic rings. The molecule has 470 valence electrons. The summed E-state index contributed by atoms with van der Waals surface area (Å²) in [7, 11) is 0. The topological polar surface area (TPSA) is 25.4 Å². The van der Waals surface area contributed by atoms with Gasteiger partial charge in [-0.15, -0.1) is 34.0 Å². The van der Waals surface area contributed by atoms with E-state index in [4.69, 9.17) is 4.74 Å². The van der Waals surface area contributed by atoms with E-state index in [9.17, 15) is 0 Å². The van der Waals surface area contributed by atoms with Gasteiger partial charge in [0.05, 0.1) is 28.4 Å². The molecule has 0 fully saturated rings. The zero-order valence-corrected chi connectivity index (χ0v) is 56.7. The Morgan fingerprint density at radius 3 is 1.04 bits per heavy atom. The van der Waals surface area contributed by atoms with Gasteiger partial charge in [-0.2, -0.15) is 0 Å². The Kier molecular flexibility index (Phi) is 12.5. The Labute approximate surface area is 596 Å². The van der Waals surface area contributed by atoms with Crippen molar-refractivity contribution in [3.8, 4) is 11.5 Å². The highest BCUT2D eigenvalue weighted by atomic mass is 32.1. The number of hydrogen-bond acceptors (Lipinski definition) is 9. The predicted octanol–water partition coefficient (Wildman–Crippen LogP) is 22.2. The normalized spacial score (nSPS) is 13.1. The van der Waals surface area contributed by atoms with E-state index in [2.05, 4.69) is 358 Å². The summed E-state index contributed by atoms with van der Waals surface area (Å²) in [6.07, 6.45) is 0. The first-order valence-corrected chi connectivity index (χ1v) is 36.9. The summed E-state index contributed by atoms with van der Waals surface area (Å²) >= 11 is 5.60. The van der Waals surface area contributed by atoms with Crippen LogP contribution in [0.2, 0.25) is 0 Å². The highest BCUT2D eigenvalue weighted by Crippen LogP contribution is 2.56. The molecule has 0 saturated carbocycles. The maximum absolute atomic E-state index is 7.48. The number of ether oxygens (including phenoxy) is 1. The van der Waals surface area contributed by atoms with Crippen molar-refractivity contribution in [2.45, 2.75) is 0 Å². The number of para-hydroxylation sites is 6. The van der Waals surface area contributed by atoms with Crippen LogP contribution < -0.4 is 62.0 Å². The van der Waals surface area contributed by atoms with E-state index in [1.165, 1.54) is 82.4 Å². The number of nitrogens with zero attached hydrogens (tertiary/aromatic N) is 5. The smallest absolute Gasteiger partial charge is 0.256 e. The second-order valence-corrected chi connectivity index (χ2v) is 29.8. The van der Waals surface area contributed by atoms with Crippen molar-refractivity contribution in [2.24, 2.45) is 0 Å². The van der Waals surface area contributed by atoms with Crippen LogP contribution in [0.1, 0.15) is 0 Å². The molecule has 0 spiro atoms. The molecular formula is C90H55B2N5OS3. The molecule has 4 aliphatic heterocycles. The fraction of sp³-hybridized carbons (Fsp3) is 0. The van der Waals surface area contributed by atoms with E-state index in [-0.39, 0.29) is 13.4 Å². The van der Waals surface area contributed by atoms with Gasteiger partial charge in [0.1, 0.15) is 11.5 Å². The minimum atomic E-state index is -0.238. The van der Waals surface area contributed by atoms with E-state index in [1.807, 2.05) is 34.0 Å². The highest BCUT2D eigenvalue weighted by Gasteiger charge is 2.49. The van der Waals surface area contributed by atoms with E-state index >= 15 is 0 Å². The van der Waals surface area contributed by atoms with Gasteiger partial charge in [-0.05, 0) is 172 Å². The van der Waals surface area contributed by atoms with Gasteiger partial charge >= 0.3 is 0 Å². The van der Waals surface area contributed by atoms with E-state index in [1.54, 1.807) is 0 Å². The number of thiophene rings is 3. The fourth-order valence-electron chi connectivity index (χ4n) is 17.2. The molecule has 7 heterocycles. The standard InChI is InChI=1S/C90H55B2N5OS3/c1-5-26-56(27-6-1)93(57-28-7-2-8-29-57)60-50-75-89-76(51-60)96(71-41-24-48-84-87(71)63-35-14-21-45-81(63)100-84)73-55-74-68(54-67(73)91(89)65-37-16-18-39-69(65)95(75)70-40-23-47-83-86(70)62-34-13-20-44-80(62)99-83)92-66-38-17-19-43-78(66)98-79-53-61(94(58-30-9-3-10-31-58)59-32-11-4-12-33-59)52-77(90(79)92)97(74)72-42-25-49-85-88(72)64-36-15-22-46-82(64)101-85/h1-55H. The average Bonchev–Trinajstić information content (AvgIpc) is 1.04. The van der Waals surface area contributed by atoms with Crippen molar-refractivity contribution >= 4 is 226 Å². The molecule has 0 saturated heterocycles. The lowest BCUT2D eigenvalue weighted by molar-refractivity contribution is 0.487. The number of benzene rings is 15. The van der Waals surface area contributed by atoms with Crippen LogP contribution in [-0.4, -0.2) is 13.4 Å². The van der Waals surface area contributed by atoms with E-state index in [0.29, 0.717) is 0 Å². The third kappa shape index (κ3) is 8.46. The lowest BCUT2D eigenvalue weighted by Crippen LogP contribution is -2.64. The second-order valence-electron chi connectivity index (χ2n) is 26.6. The Balaban J connectivity index is 0.904. The number of anilines is 15. The largest absolute Gasteiger partial charge is 0.458 e. The summed E-state index contributed by atoms with van der Waals surface area (Å²) in [6.45, 7) is -0.472. The molecule has 0 amide bonds. The Morgan fingerprint density at radius 2 is 0.574 bits per heavy atom. The van der Waals surface area contributed by atoms with Gasteiger partial charge in [0.2, 0.25) is 0 Å². The van der Waals surface area contributed by atoms with Crippen molar-refractivity contribution in [3.63, 3.8) is 0 Å². The molecule has 6 nitrogen and oxygen atoms in total. The van der Waals surface area contributed by atoms with Crippen molar-refractivity contribution in [3.05, 3.63) is 334 Å². The first-order chi connectivity index (χ1) is 50.1. The molecule has 0 N–H and O–H groups in total. The van der Waals surface area contributed by atoms with Gasteiger partial charge in [-0.3, -0.25) is 0 Å². The minimum absolute atomic E-state index is 0.234. The third-order valence-electron chi connectivity index (χ3n) is 21.2. The molecule has 0 bridgehead atoms. The summed E-state index contributed by atoms with van der Waals surface area (Å²) in [6, 6.07) is 124. The number of rotatable bonds is 9. The molecule has 3 aromatic heterocycles. The maximum Gasteiger partial charge on any atom is 0.256 e. The lowest BCUT2D eigenvalue weighted by Gasteiger charge is -2.47. The Hall–Kier alpha value is -12.1. The molecule has 15 aromatic carbocycles. The number of hydrogen-bond donors (Lipinski definition) is 0. The van der Waals surface area contributed by atoms with Gasteiger partial charge in [0.25, 0.3) is 13.4 Å². The zero-order chi connectivity index (χ0) is 66.0. The summed E-state index contributed by atoms with van der Waals surface area (Å²) in [5.41, 5.74) is 23.6. The molecule has 0 unspecified atom stereocenters. The zero-order valence-electron chi connectivity index (χ0n) is 54.3. The molecule has 11 heteroatoms. The molecule has 4 aliphatic rings. The first kappa shape index (κ1) is 56.9. The SMILES string of the molecule is c1ccc(N(c2ccccc2)c2cc3c4c(c2)N(c2cccc5sc6ccccc6c25)c2cc5c(cc2B4c2ccccc2O3)B2c3ccccc3N(c3cccc4sc6ccccc6c34)c3cc(N(c4ccccc4)c4ccccc4)cc(c32)N5c2cccc3sc4ccccc4c23)cc1. The average molecular weight is 1340 g/mol. The summed E-state index contributed by atoms with van der Waals surface area (Å²) in [5, 5.41) is 7.42. The molecule has 101 heavy (non-hydrogen) atoms. The van der Waals surface area contributed by atoms with E-state index < -0.39 is 0 Å². The van der Waals surface area contributed by atoms with Crippen molar-refractivity contribution in [2.75, 3.05) is 24.5 Å². The minimum Gasteiger partial charge on any atom is -0.458 e. The molecule has 22 rings (SSSR count). The van der Waals surface area contributed by atoms with Gasteiger partial charge in [-0.1, -0.05) is 188 Å². The first-order valence-electron chi connectivity index (χ1n) is 34.4. The lowest BCUT2D eigenvalue weighted by atomic mass is 9.30. The van der Waals surface area contributed by atoms with Crippen molar-refractivity contribution in [1.29, 1.82) is 0 Å². The van der Waals surface area contributed by atoms with Gasteiger partial charge in [0, 0.05) is 123 Å². The van der Waals surface area contributed by atoms with Crippen LogP contribution in [0.25, 0.3) is 60.5 Å². The van der Waals surface area contributed by atoms with Crippen molar-refractivity contribution < 1.29 is 4.74 Å². The number of fused-ring (bicyclic) bond motifs is 17. The third-order valence-corrected chi connectivity index (χ3v) is 24.6. The summed E-state index contributed by atoms with van der Waals surface area (Å²) in [4.78, 5) is 12.8. The van der Waals surface area contributed by atoms with Crippen LogP contribution in [0.5, 0.6) is 11.5 Å². The monoisotopic (exact) mass is 1340 g/mol. The Bertz CT molecular complexity index is 6380. The van der Waals surface area contributed by atoms with Gasteiger partial charge in [0.15, 0.2) is 0 Å². The van der Waals surface area contributed by atoms with Gasteiger partial charge < -0.3 is 29.2 Å².